The molecule has 0 spiro atoms. The minimum Gasteiger partial charge on any atom is -0.421 e. The smallest absolute Gasteiger partial charge is 0.344 e. The summed E-state index contributed by atoms with van der Waals surface area (Å²) < 4.78 is 18.4. The van der Waals surface area contributed by atoms with Crippen molar-refractivity contribution in [1.29, 1.82) is 0 Å². The molecule has 0 amide bonds. The molecule has 0 aromatic heterocycles. The Balaban J connectivity index is 2.19. The lowest BCUT2D eigenvalue weighted by molar-refractivity contribution is 0.0717. The summed E-state index contributed by atoms with van der Waals surface area (Å²) in [5.74, 6) is -0.751. The number of ether oxygens (including phenoxy) is 1. The van der Waals surface area contributed by atoms with Gasteiger partial charge in [0.1, 0.15) is 5.82 Å². The van der Waals surface area contributed by atoms with Crippen LogP contribution in [0.2, 0.25) is 0 Å². The van der Waals surface area contributed by atoms with Crippen LogP contribution in [-0.2, 0) is 4.74 Å². The van der Waals surface area contributed by atoms with Gasteiger partial charge in [-0.05, 0) is 23.8 Å². The zero-order chi connectivity index (χ0) is 13.4. The average Bonchev–Trinajstić information content (AvgIpc) is 2.75. The second-order valence-electron chi connectivity index (χ2n) is 4.09. The van der Waals surface area contributed by atoms with Gasteiger partial charge < -0.3 is 4.74 Å². The van der Waals surface area contributed by atoms with Gasteiger partial charge >= 0.3 is 5.97 Å². The highest BCUT2D eigenvalue weighted by Crippen LogP contribution is 2.37. The predicted molar refractivity (Wildman–Crippen MR) is 70.9 cm³/mol. The normalized spacial score (nSPS) is 16.0. The van der Waals surface area contributed by atoms with Crippen molar-refractivity contribution in [1.82, 2.24) is 0 Å². The van der Waals surface area contributed by atoms with Crippen molar-refractivity contribution in [2.24, 2.45) is 0 Å². The van der Waals surface area contributed by atoms with Crippen molar-refractivity contribution in [3.05, 3.63) is 71.0 Å². The molecule has 1 heterocycles. The Morgan fingerprint density at radius 2 is 1.79 bits per heavy atom. The maximum Gasteiger partial charge on any atom is 0.344 e. The number of benzene rings is 2. The first-order valence-corrected chi connectivity index (χ1v) is 6.02. The zero-order valence-electron chi connectivity index (χ0n) is 9.69. The number of hydrogen-bond donors (Lipinski definition) is 0. The Hall–Kier alpha value is -2.13. The average molecular weight is 275 g/mol. The van der Waals surface area contributed by atoms with E-state index in [-0.39, 0.29) is 5.76 Å². The highest BCUT2D eigenvalue weighted by Gasteiger charge is 2.29. The number of esters is 1. The molecule has 0 saturated carbocycles. The first kappa shape index (κ1) is 11.9. The topological polar surface area (TPSA) is 26.3 Å². The third-order valence-corrected chi connectivity index (χ3v) is 3.26. The molecule has 0 bridgehead atoms. The lowest BCUT2D eigenvalue weighted by Gasteiger charge is -2.04. The summed E-state index contributed by atoms with van der Waals surface area (Å²) in [4.78, 5) is 11.7. The van der Waals surface area contributed by atoms with Gasteiger partial charge in [-0.15, -0.1) is 0 Å². The minimum absolute atomic E-state index is 0.201. The van der Waals surface area contributed by atoms with Crippen LogP contribution in [0.1, 0.15) is 21.5 Å². The molecule has 94 valence electrons. The molecule has 2 aromatic rings. The zero-order valence-corrected chi connectivity index (χ0v) is 10.4. The number of halogens is 2. The van der Waals surface area contributed by atoms with Crippen molar-refractivity contribution < 1.29 is 13.9 Å². The largest absolute Gasteiger partial charge is 0.421 e. The van der Waals surface area contributed by atoms with Crippen molar-refractivity contribution >= 4 is 28.4 Å². The van der Waals surface area contributed by atoms with Crippen molar-refractivity contribution in [2.45, 2.75) is 0 Å². The summed E-state index contributed by atoms with van der Waals surface area (Å²) in [6.07, 6.45) is 0. The molecule has 0 saturated heterocycles. The molecule has 1 aliphatic heterocycles. The highest BCUT2D eigenvalue weighted by molar-refractivity contribution is 6.52. The minimum atomic E-state index is -0.515. The van der Waals surface area contributed by atoms with Crippen LogP contribution in [-0.4, -0.2) is 5.97 Å². The molecule has 0 atom stereocenters. The molecule has 2 nitrogen and oxygen atoms in total. The molecular formula is C15H8ClFO2. The van der Waals surface area contributed by atoms with Crippen LogP contribution >= 0.6 is 11.6 Å². The number of cyclic esters (lactones) is 1. The SMILES string of the molecule is O=C1O/C(=C(/Cl)c2ccccc2)c2cc(F)ccc21. The Bertz CT molecular complexity index is 693. The van der Waals surface area contributed by atoms with Gasteiger partial charge in [0.05, 0.1) is 10.6 Å². The van der Waals surface area contributed by atoms with Crippen molar-refractivity contribution in [2.75, 3.05) is 0 Å². The summed E-state index contributed by atoms with van der Waals surface area (Å²) in [6, 6.07) is 13.0. The molecular weight excluding hydrogens is 267 g/mol. The van der Waals surface area contributed by atoms with E-state index in [1.807, 2.05) is 18.2 Å². The number of hydrogen-bond acceptors (Lipinski definition) is 2. The van der Waals surface area contributed by atoms with Gasteiger partial charge in [0.2, 0.25) is 0 Å². The van der Waals surface area contributed by atoms with Crippen LogP contribution in [0.3, 0.4) is 0 Å². The lowest BCUT2D eigenvalue weighted by atomic mass is 10.1. The number of rotatable bonds is 1. The van der Waals surface area contributed by atoms with E-state index in [1.54, 1.807) is 12.1 Å². The van der Waals surface area contributed by atoms with E-state index in [4.69, 9.17) is 16.3 Å². The van der Waals surface area contributed by atoms with E-state index in [0.29, 0.717) is 21.7 Å². The molecule has 3 rings (SSSR count). The lowest BCUT2D eigenvalue weighted by Crippen LogP contribution is -1.93. The summed E-state index contributed by atoms with van der Waals surface area (Å²) in [5.41, 5.74) is 1.42. The summed E-state index contributed by atoms with van der Waals surface area (Å²) in [5, 5.41) is 0.290. The third kappa shape index (κ3) is 2.02. The van der Waals surface area contributed by atoms with Gasteiger partial charge in [-0.2, -0.15) is 0 Å². The standard InChI is InChI=1S/C15H8ClFO2/c16-13(9-4-2-1-3-5-9)14-12-8-10(17)6-7-11(12)15(18)19-14/h1-8H/b14-13+. The van der Waals surface area contributed by atoms with E-state index in [0.717, 1.165) is 0 Å². The van der Waals surface area contributed by atoms with Gasteiger partial charge in [0, 0.05) is 5.56 Å². The van der Waals surface area contributed by atoms with E-state index < -0.39 is 11.8 Å². The second-order valence-corrected chi connectivity index (χ2v) is 4.47. The molecule has 19 heavy (non-hydrogen) atoms. The van der Waals surface area contributed by atoms with Crippen LogP contribution in [0, 0.1) is 5.82 Å². The molecule has 1 aliphatic rings. The number of carbonyl (C=O) groups is 1. The molecule has 0 N–H and O–H groups in total. The number of carbonyl (C=O) groups excluding carboxylic acids is 1. The van der Waals surface area contributed by atoms with Crippen molar-refractivity contribution in [3.63, 3.8) is 0 Å². The van der Waals surface area contributed by atoms with E-state index >= 15 is 0 Å². The number of fused-ring (bicyclic) bond motifs is 1. The van der Waals surface area contributed by atoms with Gasteiger partial charge in [0.15, 0.2) is 5.76 Å². The molecule has 2 aromatic carbocycles. The van der Waals surface area contributed by atoms with Crippen LogP contribution < -0.4 is 0 Å². The Kier molecular flexibility index (Phi) is 2.84. The third-order valence-electron chi connectivity index (χ3n) is 2.87. The van der Waals surface area contributed by atoms with Gasteiger partial charge in [-0.25, -0.2) is 9.18 Å². The highest BCUT2D eigenvalue weighted by atomic mass is 35.5. The fourth-order valence-electron chi connectivity index (χ4n) is 1.96. The summed E-state index contributed by atoms with van der Waals surface area (Å²) >= 11 is 6.24. The maximum absolute atomic E-state index is 13.3. The summed E-state index contributed by atoms with van der Waals surface area (Å²) in [7, 11) is 0. The maximum atomic E-state index is 13.3. The van der Waals surface area contributed by atoms with Crippen LogP contribution in [0.4, 0.5) is 4.39 Å². The molecule has 4 heteroatoms. The Morgan fingerprint density at radius 3 is 2.53 bits per heavy atom. The van der Waals surface area contributed by atoms with Gasteiger partial charge in [-0.1, -0.05) is 41.9 Å². The van der Waals surface area contributed by atoms with Crippen LogP contribution in [0.25, 0.3) is 10.8 Å². The van der Waals surface area contributed by atoms with Gasteiger partial charge in [-0.3, -0.25) is 0 Å². The fraction of sp³-hybridized carbons (Fsp3) is 0. The Labute approximate surface area is 114 Å². The van der Waals surface area contributed by atoms with Crippen LogP contribution in [0.5, 0.6) is 0 Å². The monoisotopic (exact) mass is 274 g/mol. The van der Waals surface area contributed by atoms with E-state index in [9.17, 15) is 9.18 Å². The second kappa shape index (κ2) is 4.52. The molecule has 0 aliphatic carbocycles. The molecule has 0 unspecified atom stereocenters. The van der Waals surface area contributed by atoms with Gasteiger partial charge in [0.25, 0.3) is 0 Å². The Morgan fingerprint density at radius 1 is 1.05 bits per heavy atom. The van der Waals surface area contributed by atoms with E-state index in [1.165, 1.54) is 18.2 Å². The molecule has 0 fully saturated rings. The van der Waals surface area contributed by atoms with Crippen molar-refractivity contribution in [3.8, 4) is 0 Å². The molecule has 0 radical (unpaired) electrons. The first-order valence-electron chi connectivity index (χ1n) is 5.64. The van der Waals surface area contributed by atoms with E-state index in [2.05, 4.69) is 0 Å². The quantitative estimate of drug-likeness (QED) is 0.733. The first-order chi connectivity index (χ1) is 9.16. The summed E-state index contributed by atoms with van der Waals surface area (Å²) in [6.45, 7) is 0. The fourth-order valence-corrected chi connectivity index (χ4v) is 2.23. The predicted octanol–water partition coefficient (Wildman–Crippen LogP) is 4.06. The van der Waals surface area contributed by atoms with Crippen LogP contribution in [0.15, 0.2) is 48.5 Å².